The second kappa shape index (κ2) is 5.95. The van der Waals surface area contributed by atoms with Gasteiger partial charge in [-0.1, -0.05) is 11.8 Å². The highest BCUT2D eigenvalue weighted by Crippen LogP contribution is 2.33. The molecule has 1 aliphatic rings. The van der Waals surface area contributed by atoms with Gasteiger partial charge in [0, 0.05) is 0 Å². The molecule has 3 rings (SSSR count). The lowest BCUT2D eigenvalue weighted by molar-refractivity contribution is -0.205. The molecule has 0 bridgehead atoms. The number of hydrogen-bond donors (Lipinski definition) is 6. The van der Waals surface area contributed by atoms with Gasteiger partial charge in [0.15, 0.2) is 16.6 Å². The number of aliphatic hydroxyl groups is 4. The molecule has 0 unspecified atom stereocenters. The molecule has 2 aromatic heterocycles. The van der Waals surface area contributed by atoms with E-state index in [1.807, 2.05) is 0 Å². The molecule has 11 heteroatoms. The number of aliphatic hydroxyl groups excluding tert-OH is 4. The summed E-state index contributed by atoms with van der Waals surface area (Å²) in [5.74, 6) is 0.234. The minimum absolute atomic E-state index is 0.234. The minimum Gasteiger partial charge on any atom is -0.394 e. The number of imidazole rings is 1. The topological polar surface area (TPSA) is 171 Å². The standard InChI is InChI=1S/C11H15N5O5S/c12-8-4-9(14-2-13-8)16-11(15-4)22-10-7(20)6(19)5(18)3(1-17)21-10/h2-3,5-7,10,17-20H,1H2,(H3,12,13,14,15,16)/t3-,5+,6+,7+,10+/m0/s1. The molecule has 0 spiro atoms. The predicted octanol–water partition coefficient (Wildman–Crippen LogP) is -2.17. The van der Waals surface area contributed by atoms with Gasteiger partial charge in [-0.2, -0.15) is 0 Å². The Balaban J connectivity index is 1.82. The first-order valence-corrected chi connectivity index (χ1v) is 7.32. The molecule has 7 N–H and O–H groups in total. The Morgan fingerprint density at radius 2 is 2.00 bits per heavy atom. The number of aromatic amines is 1. The number of thioether (sulfide) groups is 1. The van der Waals surface area contributed by atoms with Gasteiger partial charge >= 0.3 is 0 Å². The molecule has 10 nitrogen and oxygen atoms in total. The molecule has 0 amide bonds. The third kappa shape index (κ3) is 2.62. The van der Waals surface area contributed by atoms with Crippen LogP contribution in [-0.2, 0) is 4.74 Å². The maximum atomic E-state index is 9.98. The van der Waals surface area contributed by atoms with Crippen molar-refractivity contribution in [1.82, 2.24) is 19.9 Å². The molecule has 1 aliphatic heterocycles. The van der Waals surface area contributed by atoms with E-state index in [0.717, 1.165) is 11.8 Å². The number of nitrogens with zero attached hydrogens (tertiary/aromatic N) is 3. The SMILES string of the molecule is Nc1ncnc2nc(S[C@H]3O[C@@H](CO)[C@@H](O)[C@@H](O)[C@H]3O)[nH]c12. The van der Waals surface area contributed by atoms with E-state index in [1.165, 1.54) is 6.33 Å². The molecular formula is C11H15N5O5S. The molecule has 1 saturated heterocycles. The largest absolute Gasteiger partial charge is 0.394 e. The average Bonchev–Trinajstić information content (AvgIpc) is 2.92. The smallest absolute Gasteiger partial charge is 0.183 e. The zero-order valence-corrected chi connectivity index (χ0v) is 12.0. The van der Waals surface area contributed by atoms with Crippen LogP contribution < -0.4 is 5.73 Å². The van der Waals surface area contributed by atoms with Crippen LogP contribution in [0.25, 0.3) is 11.2 Å². The molecular weight excluding hydrogens is 314 g/mol. The van der Waals surface area contributed by atoms with Gasteiger partial charge in [-0.25, -0.2) is 15.0 Å². The van der Waals surface area contributed by atoms with Crippen molar-refractivity contribution < 1.29 is 25.2 Å². The number of ether oxygens (including phenoxy) is 1. The second-order valence-electron chi connectivity index (χ2n) is 4.81. The molecule has 0 aromatic carbocycles. The Labute approximate surface area is 128 Å². The molecule has 0 aliphatic carbocycles. The van der Waals surface area contributed by atoms with Crippen LogP contribution in [0, 0.1) is 0 Å². The monoisotopic (exact) mass is 329 g/mol. The van der Waals surface area contributed by atoms with Crippen molar-refractivity contribution in [3.63, 3.8) is 0 Å². The Hall–Kier alpha value is -1.50. The predicted molar refractivity (Wildman–Crippen MR) is 75.7 cm³/mol. The van der Waals surface area contributed by atoms with Crippen molar-refractivity contribution >= 4 is 28.7 Å². The molecule has 0 radical (unpaired) electrons. The van der Waals surface area contributed by atoms with E-state index in [9.17, 15) is 15.3 Å². The molecule has 22 heavy (non-hydrogen) atoms. The van der Waals surface area contributed by atoms with Gasteiger partial charge in [-0.05, 0) is 0 Å². The lowest BCUT2D eigenvalue weighted by Crippen LogP contribution is -2.57. The van der Waals surface area contributed by atoms with E-state index >= 15 is 0 Å². The first kappa shape index (κ1) is 15.4. The summed E-state index contributed by atoms with van der Waals surface area (Å²) in [6.45, 7) is -0.486. The molecule has 5 atom stereocenters. The number of nitrogen functional groups attached to an aromatic ring is 1. The summed E-state index contributed by atoms with van der Waals surface area (Å²) in [6, 6.07) is 0. The molecule has 1 fully saturated rings. The molecule has 120 valence electrons. The fraction of sp³-hybridized carbons (Fsp3) is 0.545. The van der Waals surface area contributed by atoms with Crippen molar-refractivity contribution in [2.45, 2.75) is 35.0 Å². The zero-order valence-electron chi connectivity index (χ0n) is 11.2. The lowest BCUT2D eigenvalue weighted by Gasteiger charge is -2.39. The van der Waals surface area contributed by atoms with Crippen molar-refractivity contribution in [3.8, 4) is 0 Å². The number of fused-ring (bicyclic) bond motifs is 1. The lowest BCUT2D eigenvalue weighted by atomic mass is 10.0. The zero-order chi connectivity index (χ0) is 15.9. The fourth-order valence-electron chi connectivity index (χ4n) is 2.16. The number of nitrogens with two attached hydrogens (primary N) is 1. The van der Waals surface area contributed by atoms with Crippen molar-refractivity contribution in [3.05, 3.63) is 6.33 Å². The summed E-state index contributed by atoms with van der Waals surface area (Å²) < 4.78 is 5.39. The van der Waals surface area contributed by atoms with Crippen LogP contribution in [0.2, 0.25) is 0 Å². The molecule has 2 aromatic rings. The first-order valence-electron chi connectivity index (χ1n) is 6.44. The van der Waals surface area contributed by atoms with E-state index < -0.39 is 36.5 Å². The first-order chi connectivity index (χ1) is 10.5. The highest BCUT2D eigenvalue weighted by molar-refractivity contribution is 7.99. The molecule has 0 saturated carbocycles. The van der Waals surface area contributed by atoms with Gasteiger partial charge < -0.3 is 35.9 Å². The quantitative estimate of drug-likeness (QED) is 0.364. The van der Waals surface area contributed by atoms with Gasteiger partial charge in [0.1, 0.15) is 41.7 Å². The summed E-state index contributed by atoms with van der Waals surface area (Å²) in [6.07, 6.45) is -3.86. The van der Waals surface area contributed by atoms with Crippen LogP contribution in [-0.4, -0.2) is 76.8 Å². The van der Waals surface area contributed by atoms with Gasteiger partial charge in [0.25, 0.3) is 0 Å². The summed E-state index contributed by atoms with van der Waals surface area (Å²) >= 11 is 0.988. The Morgan fingerprint density at radius 3 is 2.68 bits per heavy atom. The normalized spacial score (nSPS) is 32.5. The number of nitrogens with one attached hydrogen (secondary N) is 1. The maximum absolute atomic E-state index is 9.98. The Morgan fingerprint density at radius 1 is 1.23 bits per heavy atom. The number of aromatic nitrogens is 4. The van der Waals surface area contributed by atoms with Crippen molar-refractivity contribution in [2.75, 3.05) is 12.3 Å². The van der Waals surface area contributed by atoms with Crippen molar-refractivity contribution in [1.29, 1.82) is 0 Å². The summed E-state index contributed by atoms with van der Waals surface area (Å²) in [5, 5.41) is 39.0. The number of hydrogen-bond acceptors (Lipinski definition) is 10. The van der Waals surface area contributed by atoms with Crippen molar-refractivity contribution in [2.24, 2.45) is 0 Å². The van der Waals surface area contributed by atoms with Crippen LogP contribution in [0.3, 0.4) is 0 Å². The van der Waals surface area contributed by atoms with E-state index in [1.54, 1.807) is 0 Å². The van der Waals surface area contributed by atoms with E-state index in [2.05, 4.69) is 19.9 Å². The Kier molecular flexibility index (Phi) is 4.16. The third-order valence-corrected chi connectivity index (χ3v) is 4.41. The van der Waals surface area contributed by atoms with Gasteiger partial charge in [-0.3, -0.25) is 0 Å². The minimum atomic E-state index is -1.43. The van der Waals surface area contributed by atoms with E-state index in [0.29, 0.717) is 16.3 Å². The Bertz CT molecular complexity index is 667. The number of rotatable bonds is 3. The van der Waals surface area contributed by atoms with Crippen LogP contribution in [0.1, 0.15) is 0 Å². The van der Waals surface area contributed by atoms with E-state index in [4.69, 9.17) is 15.6 Å². The van der Waals surface area contributed by atoms with Gasteiger partial charge in [0.05, 0.1) is 6.61 Å². The summed E-state index contributed by atoms with van der Waals surface area (Å²) in [5.41, 5.74) is 5.58. The third-order valence-electron chi connectivity index (χ3n) is 3.37. The second-order valence-corrected chi connectivity index (χ2v) is 5.90. The summed E-state index contributed by atoms with van der Waals surface area (Å²) in [4.78, 5) is 14.9. The number of anilines is 1. The maximum Gasteiger partial charge on any atom is 0.183 e. The highest BCUT2D eigenvalue weighted by Gasteiger charge is 2.44. The number of H-pyrrole nitrogens is 1. The van der Waals surface area contributed by atoms with Crippen LogP contribution in [0.5, 0.6) is 0 Å². The van der Waals surface area contributed by atoms with Crippen LogP contribution in [0.4, 0.5) is 5.82 Å². The fourth-order valence-corrected chi connectivity index (χ4v) is 3.17. The average molecular weight is 329 g/mol. The van der Waals surface area contributed by atoms with Gasteiger partial charge in [0.2, 0.25) is 0 Å². The molecule has 3 heterocycles. The van der Waals surface area contributed by atoms with Crippen LogP contribution >= 0.6 is 11.8 Å². The van der Waals surface area contributed by atoms with E-state index in [-0.39, 0.29) is 5.82 Å². The summed E-state index contributed by atoms with van der Waals surface area (Å²) in [7, 11) is 0. The van der Waals surface area contributed by atoms with Crippen LogP contribution in [0.15, 0.2) is 11.5 Å². The highest BCUT2D eigenvalue weighted by atomic mass is 32.2. The van der Waals surface area contributed by atoms with Gasteiger partial charge in [-0.15, -0.1) is 0 Å².